The van der Waals surface area contributed by atoms with Crippen LogP contribution in [0, 0.1) is 5.92 Å². The number of alkyl halides is 2. The number of hydrogen-bond donors (Lipinski definition) is 0. The molecule has 0 aliphatic heterocycles. The van der Waals surface area contributed by atoms with Crippen LogP contribution in [-0.2, 0) is 4.74 Å². The Balaban J connectivity index is 2.34. The maximum absolute atomic E-state index is 5.88. The Hall–Kier alpha value is 0.730. The van der Waals surface area contributed by atoms with E-state index in [1.54, 1.807) is 0 Å². The van der Waals surface area contributed by atoms with Gasteiger partial charge in [-0.25, -0.2) is 0 Å². The first kappa shape index (κ1) is 10.8. The van der Waals surface area contributed by atoms with Crippen LogP contribution in [0.1, 0.15) is 26.7 Å². The van der Waals surface area contributed by atoms with Gasteiger partial charge in [0.15, 0.2) is 0 Å². The minimum atomic E-state index is -0.191. The van der Waals surface area contributed by atoms with Gasteiger partial charge in [0.2, 0.25) is 0 Å². The van der Waals surface area contributed by atoms with Crippen LogP contribution in [0.4, 0.5) is 0 Å². The zero-order chi connectivity index (χ0) is 9.19. The zero-order valence-electron chi connectivity index (χ0n) is 7.65. The van der Waals surface area contributed by atoms with E-state index in [-0.39, 0.29) is 5.60 Å². The lowest BCUT2D eigenvalue weighted by Crippen LogP contribution is -2.37. The second-order valence-corrected chi connectivity index (χ2v) is 4.71. The molecule has 1 nitrogen and oxygen atoms in total. The molecule has 0 heterocycles. The van der Waals surface area contributed by atoms with Crippen molar-refractivity contribution in [2.75, 3.05) is 11.2 Å². The second kappa shape index (κ2) is 4.30. The molecule has 3 heteroatoms. The van der Waals surface area contributed by atoms with Crippen LogP contribution in [0.25, 0.3) is 0 Å². The number of ether oxygens (including phenoxy) is 1. The van der Waals surface area contributed by atoms with Gasteiger partial charge in [-0.15, -0.1) is 11.6 Å². The fourth-order valence-electron chi connectivity index (χ4n) is 1.21. The van der Waals surface area contributed by atoms with E-state index in [1.165, 1.54) is 12.8 Å². The fraction of sp³-hybridized carbons (Fsp3) is 1.00. The molecule has 1 aliphatic carbocycles. The molecule has 0 amide bonds. The van der Waals surface area contributed by atoms with E-state index in [9.17, 15) is 0 Å². The van der Waals surface area contributed by atoms with Gasteiger partial charge in [0, 0.05) is 5.33 Å². The third-order valence-electron chi connectivity index (χ3n) is 2.32. The van der Waals surface area contributed by atoms with Gasteiger partial charge < -0.3 is 4.74 Å². The Labute approximate surface area is 87.9 Å². The van der Waals surface area contributed by atoms with Gasteiger partial charge in [0.05, 0.1) is 17.6 Å². The van der Waals surface area contributed by atoms with E-state index in [4.69, 9.17) is 16.3 Å². The molecule has 0 aromatic carbocycles. The van der Waals surface area contributed by atoms with Crippen molar-refractivity contribution < 1.29 is 4.74 Å². The highest BCUT2D eigenvalue weighted by atomic mass is 79.9. The Morgan fingerprint density at radius 3 is 2.58 bits per heavy atom. The highest BCUT2D eigenvalue weighted by molar-refractivity contribution is 9.09. The quantitative estimate of drug-likeness (QED) is 0.686. The molecule has 0 radical (unpaired) electrons. The summed E-state index contributed by atoms with van der Waals surface area (Å²) in [6, 6.07) is 0. The number of hydrogen-bond acceptors (Lipinski definition) is 1. The van der Waals surface area contributed by atoms with Crippen molar-refractivity contribution in [2.45, 2.75) is 38.4 Å². The van der Waals surface area contributed by atoms with Crippen molar-refractivity contribution in [3.05, 3.63) is 0 Å². The largest absolute Gasteiger partial charge is 0.370 e. The minimum absolute atomic E-state index is 0.191. The summed E-state index contributed by atoms with van der Waals surface area (Å²) < 4.78 is 5.88. The summed E-state index contributed by atoms with van der Waals surface area (Å²) in [4.78, 5) is 0. The highest BCUT2D eigenvalue weighted by Crippen LogP contribution is 2.36. The summed E-state index contributed by atoms with van der Waals surface area (Å²) in [6.45, 7) is 4.19. The maximum atomic E-state index is 5.88. The summed E-state index contributed by atoms with van der Waals surface area (Å²) >= 11 is 9.24. The molecule has 0 bridgehead atoms. The molecule has 0 saturated heterocycles. The predicted octanol–water partition coefficient (Wildman–Crippen LogP) is 3.19. The summed E-state index contributed by atoms with van der Waals surface area (Å²) in [5.74, 6) is 1.33. The molecule has 1 aliphatic rings. The van der Waals surface area contributed by atoms with E-state index in [0.29, 0.717) is 12.0 Å². The van der Waals surface area contributed by atoms with E-state index < -0.39 is 0 Å². The average molecular weight is 256 g/mol. The molecule has 1 saturated carbocycles. The lowest BCUT2D eigenvalue weighted by Gasteiger charge is -2.29. The van der Waals surface area contributed by atoms with Gasteiger partial charge in [-0.05, 0) is 32.6 Å². The maximum Gasteiger partial charge on any atom is 0.0889 e. The van der Waals surface area contributed by atoms with Crippen LogP contribution >= 0.6 is 27.5 Å². The van der Waals surface area contributed by atoms with Crippen LogP contribution in [0.5, 0.6) is 0 Å². The van der Waals surface area contributed by atoms with Crippen LogP contribution in [0.2, 0.25) is 0 Å². The van der Waals surface area contributed by atoms with E-state index >= 15 is 0 Å². The number of halogens is 2. The summed E-state index contributed by atoms with van der Waals surface area (Å²) in [6.07, 6.45) is 3.01. The molecule has 0 aromatic rings. The normalized spacial score (nSPS) is 25.0. The topological polar surface area (TPSA) is 9.23 Å². The second-order valence-electron chi connectivity index (χ2n) is 3.88. The van der Waals surface area contributed by atoms with Crippen molar-refractivity contribution in [1.29, 1.82) is 0 Å². The van der Waals surface area contributed by atoms with Gasteiger partial charge in [-0.3, -0.25) is 0 Å². The molecule has 1 fully saturated rings. The average Bonchev–Trinajstić information content (AvgIpc) is 2.86. The fourth-order valence-corrected chi connectivity index (χ4v) is 1.93. The van der Waals surface area contributed by atoms with Crippen molar-refractivity contribution >= 4 is 27.5 Å². The molecule has 2 unspecified atom stereocenters. The molecule has 0 aromatic heterocycles. The number of rotatable bonds is 5. The standard InChI is InChI=1S/C9H16BrClO/c1-7(8-3-4-8)12-9(2,5-10)6-11/h7-8H,3-6H2,1-2H3. The monoisotopic (exact) mass is 254 g/mol. The van der Waals surface area contributed by atoms with Crippen LogP contribution in [0.3, 0.4) is 0 Å². The first-order chi connectivity index (χ1) is 5.61. The molecule has 72 valence electrons. The first-order valence-corrected chi connectivity index (χ1v) is 6.06. The predicted molar refractivity (Wildman–Crippen MR) is 56.2 cm³/mol. The molecular weight excluding hydrogens is 239 g/mol. The lowest BCUT2D eigenvalue weighted by molar-refractivity contribution is -0.0542. The molecule has 2 atom stereocenters. The molecule has 1 rings (SSSR count). The van der Waals surface area contributed by atoms with Gasteiger partial charge in [0.1, 0.15) is 0 Å². The Morgan fingerprint density at radius 2 is 2.25 bits per heavy atom. The third kappa shape index (κ3) is 2.90. The molecule has 0 N–H and O–H groups in total. The molecule has 12 heavy (non-hydrogen) atoms. The van der Waals surface area contributed by atoms with E-state index in [1.807, 2.05) is 6.92 Å². The van der Waals surface area contributed by atoms with Crippen LogP contribution in [0.15, 0.2) is 0 Å². The zero-order valence-corrected chi connectivity index (χ0v) is 9.99. The van der Waals surface area contributed by atoms with Crippen molar-refractivity contribution in [1.82, 2.24) is 0 Å². The SMILES string of the molecule is CC(OC(C)(CCl)CBr)C1CC1. The summed E-state index contributed by atoms with van der Waals surface area (Å²) in [5.41, 5.74) is -0.191. The Morgan fingerprint density at radius 1 is 1.67 bits per heavy atom. The third-order valence-corrected chi connectivity index (χ3v) is 4.07. The van der Waals surface area contributed by atoms with Crippen molar-refractivity contribution in [2.24, 2.45) is 5.92 Å². The summed E-state index contributed by atoms with van der Waals surface area (Å²) in [7, 11) is 0. The van der Waals surface area contributed by atoms with E-state index in [2.05, 4.69) is 22.9 Å². The van der Waals surface area contributed by atoms with Crippen LogP contribution < -0.4 is 0 Å². The summed E-state index contributed by atoms with van der Waals surface area (Å²) in [5, 5.41) is 0.806. The lowest BCUT2D eigenvalue weighted by atomic mass is 10.1. The highest BCUT2D eigenvalue weighted by Gasteiger charge is 2.34. The first-order valence-electron chi connectivity index (χ1n) is 4.41. The Bertz CT molecular complexity index is 143. The molecule has 0 spiro atoms. The van der Waals surface area contributed by atoms with Gasteiger partial charge >= 0.3 is 0 Å². The molecular formula is C9H16BrClO. The van der Waals surface area contributed by atoms with E-state index in [0.717, 1.165) is 11.2 Å². The Kier molecular flexibility index (Phi) is 3.87. The van der Waals surface area contributed by atoms with Gasteiger partial charge in [0.25, 0.3) is 0 Å². The van der Waals surface area contributed by atoms with Crippen molar-refractivity contribution in [3.8, 4) is 0 Å². The van der Waals surface area contributed by atoms with Gasteiger partial charge in [-0.2, -0.15) is 0 Å². The van der Waals surface area contributed by atoms with Gasteiger partial charge in [-0.1, -0.05) is 15.9 Å². The van der Waals surface area contributed by atoms with Crippen LogP contribution in [-0.4, -0.2) is 22.9 Å². The minimum Gasteiger partial charge on any atom is -0.370 e. The smallest absolute Gasteiger partial charge is 0.0889 e. The van der Waals surface area contributed by atoms with Crippen molar-refractivity contribution in [3.63, 3.8) is 0 Å².